The topological polar surface area (TPSA) is 70.2 Å². The molecule has 0 aromatic heterocycles. The summed E-state index contributed by atoms with van der Waals surface area (Å²) in [6.07, 6.45) is 0. The monoisotopic (exact) mass is 467 g/mol. The third-order valence-electron chi connectivity index (χ3n) is 5.53. The van der Waals surface area contributed by atoms with Crippen LogP contribution in [0.5, 0.6) is 0 Å². The Hall–Kier alpha value is -2.20. The number of benzene rings is 2. The van der Waals surface area contributed by atoms with Crippen molar-refractivity contribution in [2.24, 2.45) is 0 Å². The van der Waals surface area contributed by atoms with Gasteiger partial charge in [0.05, 0.1) is 28.7 Å². The van der Waals surface area contributed by atoms with E-state index in [4.69, 9.17) is 16.3 Å². The van der Waals surface area contributed by atoms with Crippen molar-refractivity contribution >= 4 is 33.2 Å². The lowest BCUT2D eigenvalue weighted by Crippen LogP contribution is -2.49. The number of rotatable bonds is 4. The third-order valence-corrected chi connectivity index (χ3v) is 7.76. The number of ether oxygens (including phenoxy) is 1. The standard InChI is InChI=1S/C21H23ClFN3O4S/c22-20-6-5-18(31(28,29)26-11-13-30-14-12-26)15-19(20)21(27)25-9-7-24(8-10-25)17-3-1-16(23)2-4-17/h1-6,15H,7-14H2. The number of nitrogens with zero attached hydrogens (tertiary/aromatic N) is 3. The van der Waals surface area contributed by atoms with Crippen LogP contribution < -0.4 is 4.90 Å². The number of anilines is 1. The summed E-state index contributed by atoms with van der Waals surface area (Å²) in [5.74, 6) is -0.595. The molecular formula is C21H23ClFN3O4S. The highest BCUT2D eigenvalue weighted by Crippen LogP contribution is 2.26. The van der Waals surface area contributed by atoms with Gasteiger partial charge in [0, 0.05) is 45.0 Å². The predicted molar refractivity (Wildman–Crippen MR) is 116 cm³/mol. The zero-order valence-electron chi connectivity index (χ0n) is 16.8. The zero-order valence-corrected chi connectivity index (χ0v) is 18.4. The normalized spacial score (nSPS) is 18.3. The molecule has 2 aliphatic rings. The van der Waals surface area contributed by atoms with E-state index in [2.05, 4.69) is 4.90 Å². The van der Waals surface area contributed by atoms with E-state index in [0.717, 1.165) is 5.69 Å². The van der Waals surface area contributed by atoms with Crippen LogP contribution in [0.3, 0.4) is 0 Å². The predicted octanol–water partition coefficient (Wildman–Crippen LogP) is 2.46. The summed E-state index contributed by atoms with van der Waals surface area (Å²) in [7, 11) is -3.73. The molecule has 2 heterocycles. The van der Waals surface area contributed by atoms with Crippen LogP contribution >= 0.6 is 11.6 Å². The Balaban J connectivity index is 1.48. The quantitative estimate of drug-likeness (QED) is 0.691. The molecule has 2 aliphatic heterocycles. The van der Waals surface area contributed by atoms with E-state index in [0.29, 0.717) is 39.4 Å². The van der Waals surface area contributed by atoms with E-state index in [1.807, 2.05) is 0 Å². The first-order chi connectivity index (χ1) is 14.9. The molecule has 0 bridgehead atoms. The summed E-state index contributed by atoms with van der Waals surface area (Å²) in [6.45, 7) is 3.31. The van der Waals surface area contributed by atoms with E-state index in [1.54, 1.807) is 17.0 Å². The highest BCUT2D eigenvalue weighted by Gasteiger charge is 2.29. The molecule has 0 N–H and O–H groups in total. The number of morpholine rings is 1. The number of carbonyl (C=O) groups excluding carboxylic acids is 1. The number of carbonyl (C=O) groups is 1. The first-order valence-corrected chi connectivity index (χ1v) is 11.9. The van der Waals surface area contributed by atoms with Crippen molar-refractivity contribution in [2.75, 3.05) is 57.4 Å². The lowest BCUT2D eigenvalue weighted by atomic mass is 10.1. The van der Waals surface area contributed by atoms with Crippen LogP contribution in [0.4, 0.5) is 10.1 Å². The van der Waals surface area contributed by atoms with Gasteiger partial charge in [-0.2, -0.15) is 4.31 Å². The molecule has 2 aromatic rings. The molecular weight excluding hydrogens is 445 g/mol. The molecule has 166 valence electrons. The second-order valence-corrected chi connectivity index (χ2v) is 9.76. The fourth-order valence-corrected chi connectivity index (χ4v) is 5.39. The van der Waals surface area contributed by atoms with Gasteiger partial charge in [-0.25, -0.2) is 12.8 Å². The molecule has 2 aromatic carbocycles. The van der Waals surface area contributed by atoms with Gasteiger partial charge >= 0.3 is 0 Å². The molecule has 2 fully saturated rings. The SMILES string of the molecule is O=C(c1cc(S(=O)(=O)N2CCOCC2)ccc1Cl)N1CCN(c2ccc(F)cc2)CC1. The van der Waals surface area contributed by atoms with Gasteiger partial charge in [-0.3, -0.25) is 4.79 Å². The van der Waals surface area contributed by atoms with Crippen LogP contribution in [0.15, 0.2) is 47.4 Å². The summed E-state index contributed by atoms with van der Waals surface area (Å²) in [4.78, 5) is 16.9. The first kappa shape index (κ1) is 22.0. The summed E-state index contributed by atoms with van der Waals surface area (Å²) in [6, 6.07) is 10.5. The van der Waals surface area contributed by atoms with Crippen LogP contribution in [0, 0.1) is 5.82 Å². The Morgan fingerprint density at radius 2 is 1.58 bits per heavy atom. The molecule has 31 heavy (non-hydrogen) atoms. The van der Waals surface area contributed by atoms with Gasteiger partial charge in [0.15, 0.2) is 0 Å². The average Bonchev–Trinajstić information content (AvgIpc) is 2.80. The summed E-state index contributed by atoms with van der Waals surface area (Å²) in [5.41, 5.74) is 1.07. The number of amides is 1. The Bertz CT molecular complexity index is 1050. The van der Waals surface area contributed by atoms with Crippen molar-refractivity contribution < 1.29 is 22.3 Å². The van der Waals surface area contributed by atoms with E-state index >= 15 is 0 Å². The number of halogens is 2. The molecule has 0 radical (unpaired) electrons. The van der Waals surface area contributed by atoms with Gasteiger partial charge in [0.2, 0.25) is 10.0 Å². The Morgan fingerprint density at radius 3 is 2.23 bits per heavy atom. The summed E-state index contributed by atoms with van der Waals surface area (Å²) < 4.78 is 45.6. The largest absolute Gasteiger partial charge is 0.379 e. The lowest BCUT2D eigenvalue weighted by molar-refractivity contribution is 0.0729. The molecule has 0 spiro atoms. The molecule has 10 heteroatoms. The van der Waals surface area contributed by atoms with Crippen molar-refractivity contribution in [1.29, 1.82) is 0 Å². The van der Waals surface area contributed by atoms with Crippen LogP contribution in [-0.2, 0) is 14.8 Å². The molecule has 0 unspecified atom stereocenters. The van der Waals surface area contributed by atoms with Gasteiger partial charge in [-0.05, 0) is 42.5 Å². The maximum Gasteiger partial charge on any atom is 0.255 e. The minimum absolute atomic E-state index is 0.0482. The van der Waals surface area contributed by atoms with Gasteiger partial charge < -0.3 is 14.5 Å². The van der Waals surface area contributed by atoms with Crippen molar-refractivity contribution in [3.63, 3.8) is 0 Å². The highest BCUT2D eigenvalue weighted by atomic mass is 35.5. The Labute approximate surface area is 186 Å². The van der Waals surface area contributed by atoms with Crippen molar-refractivity contribution in [3.8, 4) is 0 Å². The second kappa shape index (κ2) is 9.12. The maximum atomic E-state index is 13.1. The summed E-state index contributed by atoms with van der Waals surface area (Å²) in [5, 5.41) is 0.215. The Morgan fingerprint density at radius 1 is 0.935 bits per heavy atom. The molecule has 7 nitrogen and oxygen atoms in total. The number of hydrogen-bond acceptors (Lipinski definition) is 5. The smallest absolute Gasteiger partial charge is 0.255 e. The van der Waals surface area contributed by atoms with E-state index in [-0.39, 0.29) is 40.3 Å². The molecule has 0 atom stereocenters. The maximum absolute atomic E-state index is 13.1. The van der Waals surface area contributed by atoms with Gasteiger partial charge in [0.25, 0.3) is 5.91 Å². The second-order valence-electron chi connectivity index (χ2n) is 7.41. The number of sulfonamides is 1. The average molecular weight is 468 g/mol. The molecule has 0 aliphatic carbocycles. The van der Waals surface area contributed by atoms with Crippen LogP contribution in [-0.4, -0.2) is 76.0 Å². The summed E-state index contributed by atoms with van der Waals surface area (Å²) >= 11 is 6.26. The van der Waals surface area contributed by atoms with E-state index in [9.17, 15) is 17.6 Å². The molecule has 4 rings (SSSR count). The molecule has 2 saturated heterocycles. The van der Waals surface area contributed by atoms with Gasteiger partial charge in [-0.15, -0.1) is 0 Å². The minimum atomic E-state index is -3.73. The van der Waals surface area contributed by atoms with E-state index in [1.165, 1.54) is 34.6 Å². The lowest BCUT2D eigenvalue weighted by Gasteiger charge is -2.36. The van der Waals surface area contributed by atoms with Crippen molar-refractivity contribution in [3.05, 3.63) is 58.9 Å². The van der Waals surface area contributed by atoms with Gasteiger partial charge in [-0.1, -0.05) is 11.6 Å². The number of hydrogen-bond donors (Lipinski definition) is 0. The third kappa shape index (κ3) is 4.69. The highest BCUT2D eigenvalue weighted by molar-refractivity contribution is 7.89. The van der Waals surface area contributed by atoms with Crippen LogP contribution in [0.1, 0.15) is 10.4 Å². The van der Waals surface area contributed by atoms with E-state index < -0.39 is 10.0 Å². The van der Waals surface area contributed by atoms with Crippen molar-refractivity contribution in [1.82, 2.24) is 9.21 Å². The Kier molecular flexibility index (Phi) is 6.47. The first-order valence-electron chi connectivity index (χ1n) is 10.0. The van der Waals surface area contributed by atoms with Crippen LogP contribution in [0.2, 0.25) is 5.02 Å². The van der Waals surface area contributed by atoms with Gasteiger partial charge in [0.1, 0.15) is 5.82 Å². The fourth-order valence-electron chi connectivity index (χ4n) is 3.75. The van der Waals surface area contributed by atoms with Crippen molar-refractivity contribution in [2.45, 2.75) is 4.90 Å². The van der Waals surface area contributed by atoms with Crippen LogP contribution in [0.25, 0.3) is 0 Å². The minimum Gasteiger partial charge on any atom is -0.379 e. The molecule has 1 amide bonds. The zero-order chi connectivity index (χ0) is 22.0. The molecule has 0 saturated carbocycles. The number of piperazine rings is 1. The fraction of sp³-hybridized carbons (Fsp3) is 0.381.